The molecule has 5 heteroatoms. The number of aromatic nitrogens is 4. The van der Waals surface area contributed by atoms with Gasteiger partial charge in [-0.15, -0.1) is 0 Å². The van der Waals surface area contributed by atoms with Gasteiger partial charge in [0.15, 0.2) is 5.82 Å². The second-order valence-electron chi connectivity index (χ2n) is 8.55. The van der Waals surface area contributed by atoms with Gasteiger partial charge in [0.2, 0.25) is 0 Å². The van der Waals surface area contributed by atoms with Crippen LogP contribution in [0, 0.1) is 25.2 Å². The van der Waals surface area contributed by atoms with Crippen molar-refractivity contribution in [1.82, 2.24) is 19.5 Å². The van der Waals surface area contributed by atoms with Crippen LogP contribution in [0.5, 0.6) is 0 Å². The Morgan fingerprint density at radius 1 is 0.657 bits per heavy atom. The van der Waals surface area contributed by atoms with Crippen LogP contribution in [0.2, 0.25) is 0 Å². The third kappa shape index (κ3) is 3.53. The largest absolute Gasteiger partial charge is 0.308 e. The number of hydrogen-bond donors (Lipinski definition) is 0. The van der Waals surface area contributed by atoms with E-state index in [9.17, 15) is 5.26 Å². The zero-order valence-electron chi connectivity index (χ0n) is 19.4. The highest BCUT2D eigenvalue weighted by Gasteiger charge is 2.18. The fourth-order valence-electron chi connectivity index (χ4n) is 4.76. The molecule has 6 rings (SSSR count). The van der Waals surface area contributed by atoms with Crippen molar-refractivity contribution in [3.05, 3.63) is 108 Å². The monoisotopic (exact) mass is 451 g/mol. The molecule has 4 aromatic carbocycles. The molecule has 0 atom stereocenters. The van der Waals surface area contributed by atoms with Crippen molar-refractivity contribution in [1.29, 1.82) is 5.26 Å². The van der Waals surface area contributed by atoms with E-state index in [1.807, 2.05) is 38.1 Å². The van der Waals surface area contributed by atoms with Crippen molar-refractivity contribution < 1.29 is 0 Å². The summed E-state index contributed by atoms with van der Waals surface area (Å²) in [6.45, 7) is 3.72. The van der Waals surface area contributed by atoms with E-state index < -0.39 is 0 Å². The Balaban J connectivity index is 1.71. The van der Waals surface area contributed by atoms with E-state index in [1.165, 1.54) is 10.8 Å². The smallest absolute Gasteiger partial charge is 0.165 e. The highest BCUT2D eigenvalue weighted by atomic mass is 15.0. The average molecular weight is 452 g/mol. The summed E-state index contributed by atoms with van der Waals surface area (Å²) in [5.41, 5.74) is 6.75. The maximum absolute atomic E-state index is 9.64. The van der Waals surface area contributed by atoms with E-state index in [2.05, 4.69) is 92.3 Å². The summed E-state index contributed by atoms with van der Waals surface area (Å²) in [4.78, 5) is 13.6. The molecule has 0 aliphatic carbocycles. The minimum absolute atomic E-state index is 0.560. The van der Waals surface area contributed by atoms with Crippen molar-refractivity contribution in [3.63, 3.8) is 0 Å². The summed E-state index contributed by atoms with van der Waals surface area (Å²) in [5, 5.41) is 12.0. The van der Waals surface area contributed by atoms with E-state index in [0.717, 1.165) is 33.4 Å². The van der Waals surface area contributed by atoms with Gasteiger partial charge in [-0.1, -0.05) is 60.7 Å². The number of rotatable bonds is 3. The number of hydrogen-bond acceptors (Lipinski definition) is 4. The summed E-state index contributed by atoms with van der Waals surface area (Å²) in [6.07, 6.45) is 0. The van der Waals surface area contributed by atoms with Crippen molar-refractivity contribution >= 4 is 21.8 Å². The molecule has 0 aliphatic rings. The van der Waals surface area contributed by atoms with Gasteiger partial charge < -0.3 is 4.57 Å². The summed E-state index contributed by atoms with van der Waals surface area (Å²) in [5.74, 6) is 1.86. The topological polar surface area (TPSA) is 67.4 Å². The Bertz CT molecular complexity index is 1750. The minimum atomic E-state index is 0.560. The van der Waals surface area contributed by atoms with Crippen LogP contribution in [0.1, 0.15) is 17.2 Å². The Labute approximate surface area is 203 Å². The summed E-state index contributed by atoms with van der Waals surface area (Å²) < 4.78 is 2.25. The molecule has 0 unspecified atom stereocenters. The third-order valence-electron chi connectivity index (χ3n) is 6.25. The van der Waals surface area contributed by atoms with Gasteiger partial charge in [0.1, 0.15) is 11.6 Å². The molecule has 166 valence electrons. The predicted molar refractivity (Wildman–Crippen MR) is 139 cm³/mol. The lowest BCUT2D eigenvalue weighted by atomic mass is 10.0. The van der Waals surface area contributed by atoms with Crippen LogP contribution in [-0.2, 0) is 0 Å². The van der Waals surface area contributed by atoms with Crippen LogP contribution >= 0.6 is 0 Å². The minimum Gasteiger partial charge on any atom is -0.308 e. The summed E-state index contributed by atoms with van der Waals surface area (Å²) in [7, 11) is 0. The van der Waals surface area contributed by atoms with E-state index in [1.54, 1.807) is 0 Å². The first-order valence-electron chi connectivity index (χ1n) is 11.5. The molecule has 0 radical (unpaired) electrons. The molecular formula is C30H21N5. The highest BCUT2D eigenvalue weighted by molar-refractivity contribution is 6.10. The first-order chi connectivity index (χ1) is 17.1. The van der Waals surface area contributed by atoms with Gasteiger partial charge in [0, 0.05) is 16.3 Å². The zero-order valence-corrected chi connectivity index (χ0v) is 19.4. The van der Waals surface area contributed by atoms with Gasteiger partial charge in [-0.05, 0) is 55.3 Å². The highest BCUT2D eigenvalue weighted by Crippen LogP contribution is 2.37. The Kier molecular flexibility index (Phi) is 4.86. The fourth-order valence-corrected chi connectivity index (χ4v) is 4.76. The molecule has 5 nitrogen and oxygen atoms in total. The number of benzene rings is 4. The first kappa shape index (κ1) is 20.8. The number of para-hydroxylation sites is 1. The molecular weight excluding hydrogens is 430 g/mol. The van der Waals surface area contributed by atoms with Crippen LogP contribution in [-0.4, -0.2) is 19.5 Å². The SMILES string of the molecule is Cc1nc(C)nc(-c2cc(C#N)ccc2-n2c3ccccc3c3ccc(-c4ccccc4)cc32)n1. The fraction of sp³-hybridized carbons (Fsp3) is 0.0667. The van der Waals surface area contributed by atoms with Crippen LogP contribution in [0.4, 0.5) is 0 Å². The molecule has 0 saturated heterocycles. The predicted octanol–water partition coefficient (Wildman–Crippen LogP) is 6.79. The van der Waals surface area contributed by atoms with Crippen LogP contribution in [0.3, 0.4) is 0 Å². The van der Waals surface area contributed by atoms with Gasteiger partial charge in [0.05, 0.1) is 28.4 Å². The number of fused-ring (bicyclic) bond motifs is 3. The Hall–Kier alpha value is -4.82. The maximum Gasteiger partial charge on any atom is 0.165 e. The molecule has 0 N–H and O–H groups in total. The van der Waals surface area contributed by atoms with Crippen molar-refractivity contribution in [2.45, 2.75) is 13.8 Å². The number of aryl methyl sites for hydroxylation is 2. The second-order valence-corrected chi connectivity index (χ2v) is 8.55. The van der Waals surface area contributed by atoms with Gasteiger partial charge in [0.25, 0.3) is 0 Å². The molecule has 0 saturated carbocycles. The lowest BCUT2D eigenvalue weighted by Crippen LogP contribution is -2.03. The lowest BCUT2D eigenvalue weighted by Gasteiger charge is -2.14. The molecule has 35 heavy (non-hydrogen) atoms. The lowest BCUT2D eigenvalue weighted by molar-refractivity contribution is 0.926. The van der Waals surface area contributed by atoms with Crippen molar-refractivity contribution in [2.24, 2.45) is 0 Å². The van der Waals surface area contributed by atoms with Crippen LogP contribution in [0.25, 0.3) is 50.0 Å². The molecule has 6 aromatic rings. The van der Waals surface area contributed by atoms with Crippen LogP contribution < -0.4 is 0 Å². The zero-order chi connectivity index (χ0) is 23.9. The standard InChI is InChI=1S/C30H21N5/c1-19-32-20(2)34-30(33-19)26-16-21(18-31)12-15-28(26)35-27-11-7-6-10-24(27)25-14-13-23(17-29(25)35)22-8-4-3-5-9-22/h3-17H,1-2H3. The Morgan fingerprint density at radius 2 is 1.37 bits per heavy atom. The second kappa shape index (κ2) is 8.19. The van der Waals surface area contributed by atoms with Crippen molar-refractivity contribution in [2.75, 3.05) is 0 Å². The maximum atomic E-state index is 9.64. The summed E-state index contributed by atoms with van der Waals surface area (Å²) >= 11 is 0. The van der Waals surface area contributed by atoms with Gasteiger partial charge in [-0.25, -0.2) is 15.0 Å². The normalized spacial score (nSPS) is 11.1. The van der Waals surface area contributed by atoms with E-state index in [0.29, 0.717) is 23.0 Å². The van der Waals surface area contributed by atoms with Gasteiger partial charge >= 0.3 is 0 Å². The van der Waals surface area contributed by atoms with Crippen molar-refractivity contribution in [3.8, 4) is 34.3 Å². The quantitative estimate of drug-likeness (QED) is 0.297. The first-order valence-corrected chi connectivity index (χ1v) is 11.5. The van der Waals surface area contributed by atoms with E-state index in [-0.39, 0.29) is 0 Å². The number of nitrogens with zero attached hydrogens (tertiary/aromatic N) is 5. The van der Waals surface area contributed by atoms with E-state index >= 15 is 0 Å². The molecule has 0 amide bonds. The Morgan fingerprint density at radius 3 is 2.14 bits per heavy atom. The van der Waals surface area contributed by atoms with E-state index in [4.69, 9.17) is 0 Å². The third-order valence-corrected chi connectivity index (χ3v) is 6.25. The molecule has 0 bridgehead atoms. The average Bonchev–Trinajstić information content (AvgIpc) is 3.22. The molecule has 0 aliphatic heterocycles. The summed E-state index contributed by atoms with van der Waals surface area (Å²) in [6, 6.07) is 33.3. The number of nitriles is 1. The van der Waals surface area contributed by atoms with Crippen LogP contribution in [0.15, 0.2) is 91.0 Å². The van der Waals surface area contributed by atoms with Gasteiger partial charge in [-0.2, -0.15) is 5.26 Å². The molecule has 0 fully saturated rings. The van der Waals surface area contributed by atoms with Gasteiger partial charge in [-0.3, -0.25) is 0 Å². The molecule has 2 heterocycles. The molecule has 0 spiro atoms. The molecule has 2 aromatic heterocycles.